The van der Waals surface area contributed by atoms with Crippen molar-refractivity contribution in [2.24, 2.45) is 0 Å². The molecule has 1 aliphatic carbocycles. The predicted octanol–water partition coefficient (Wildman–Crippen LogP) is 4.19. The smallest absolute Gasteiger partial charge is 0.251 e. The number of fused-ring (bicyclic) bond motifs is 2. The average Bonchev–Trinajstić information content (AvgIpc) is 3.80. The molecule has 4 N–H and O–H groups in total. The molecule has 0 saturated heterocycles. The van der Waals surface area contributed by atoms with Crippen LogP contribution in [0.2, 0.25) is 0 Å². The van der Waals surface area contributed by atoms with Gasteiger partial charge < -0.3 is 16.4 Å². The van der Waals surface area contributed by atoms with Gasteiger partial charge in [0.15, 0.2) is 17.3 Å². The molecule has 5 aromatic heterocycles. The number of nitrogens with two attached hydrogens (primary N) is 1. The van der Waals surface area contributed by atoms with Crippen LogP contribution in [0, 0.1) is 0 Å². The summed E-state index contributed by atoms with van der Waals surface area (Å²) in [6.07, 6.45) is 9.33. The van der Waals surface area contributed by atoms with Crippen molar-refractivity contribution in [3.05, 3.63) is 115 Å². The highest BCUT2D eigenvalue weighted by molar-refractivity contribution is 6.00. The van der Waals surface area contributed by atoms with Crippen molar-refractivity contribution in [2.75, 3.05) is 11.1 Å². The highest BCUT2D eigenvalue weighted by atomic mass is 16.2. The highest BCUT2D eigenvalue weighted by Gasteiger charge is 2.26. The molecule has 5 heterocycles. The second-order valence-corrected chi connectivity index (χ2v) is 10.2. The van der Waals surface area contributed by atoms with E-state index in [-0.39, 0.29) is 17.8 Å². The maximum Gasteiger partial charge on any atom is 0.251 e. The van der Waals surface area contributed by atoms with Crippen LogP contribution in [-0.2, 0) is 11.2 Å². The number of benzene rings is 1. The zero-order valence-electron chi connectivity index (χ0n) is 23.4. The van der Waals surface area contributed by atoms with Crippen molar-refractivity contribution in [3.63, 3.8) is 0 Å². The van der Waals surface area contributed by atoms with E-state index in [1.807, 2.05) is 53.2 Å². The van der Waals surface area contributed by atoms with E-state index in [9.17, 15) is 9.59 Å². The number of rotatable bonds is 7. The Morgan fingerprint density at radius 2 is 1.91 bits per heavy atom. The molecule has 2 amide bonds. The monoisotopic (exact) mass is 582 g/mol. The number of aromatic nitrogens is 7. The van der Waals surface area contributed by atoms with Crippen LogP contribution >= 0.6 is 0 Å². The molecule has 0 aliphatic heterocycles. The Labute approximate surface area is 251 Å². The maximum absolute atomic E-state index is 13.2. The van der Waals surface area contributed by atoms with Crippen molar-refractivity contribution in [1.82, 2.24) is 39.6 Å². The minimum atomic E-state index is -0.400. The molecular weight excluding hydrogens is 556 g/mol. The molecule has 0 unspecified atom stereocenters. The van der Waals surface area contributed by atoms with E-state index >= 15 is 0 Å². The number of nitrogens with zero attached hydrogens (tertiary/aromatic N) is 7. The fraction of sp³-hybridized carbons (Fsp3) is 0.0938. The largest absolute Gasteiger partial charge is 0.383 e. The number of carbonyl (C=O) groups excluding carboxylic acids is 2. The molecule has 0 radical (unpaired) electrons. The van der Waals surface area contributed by atoms with Crippen molar-refractivity contribution in [3.8, 4) is 22.9 Å². The molecule has 216 valence electrons. The number of hydrogen-bond donors (Lipinski definition) is 3. The highest BCUT2D eigenvalue weighted by Crippen LogP contribution is 2.36. The van der Waals surface area contributed by atoms with Gasteiger partial charge in [-0.05, 0) is 84.6 Å². The van der Waals surface area contributed by atoms with Gasteiger partial charge in [0.25, 0.3) is 5.91 Å². The molecule has 6 aromatic rings. The second-order valence-electron chi connectivity index (χ2n) is 10.2. The molecular formula is C32H26N10O2. The zero-order chi connectivity index (χ0) is 30.2. The summed E-state index contributed by atoms with van der Waals surface area (Å²) in [4.78, 5) is 43.0. The van der Waals surface area contributed by atoms with Gasteiger partial charge in [-0.1, -0.05) is 12.6 Å². The van der Waals surface area contributed by atoms with Gasteiger partial charge in [0.05, 0.1) is 11.6 Å². The predicted molar refractivity (Wildman–Crippen MR) is 165 cm³/mol. The SMILES string of the molecule is C=CC(=O)Nc1cc(C(=O)N[C@H]2CCc3cc(-n4c(-c5cccnc5N)nc5ccc(-n6cccn6)nc54)ccc32)ccn1. The number of carbonyl (C=O) groups is 2. The van der Waals surface area contributed by atoms with Gasteiger partial charge in [-0.3, -0.25) is 14.2 Å². The first-order valence-corrected chi connectivity index (χ1v) is 13.9. The van der Waals surface area contributed by atoms with Crippen LogP contribution < -0.4 is 16.4 Å². The third-order valence-corrected chi connectivity index (χ3v) is 7.53. The number of anilines is 2. The van der Waals surface area contributed by atoms with E-state index in [1.54, 1.807) is 23.1 Å². The Kier molecular flexibility index (Phi) is 6.62. The zero-order valence-corrected chi connectivity index (χ0v) is 23.4. The van der Waals surface area contributed by atoms with Gasteiger partial charge in [-0.2, -0.15) is 5.10 Å². The molecule has 1 atom stereocenters. The summed E-state index contributed by atoms with van der Waals surface area (Å²) in [7, 11) is 0. The van der Waals surface area contributed by atoms with Crippen molar-refractivity contribution in [2.45, 2.75) is 18.9 Å². The summed E-state index contributed by atoms with van der Waals surface area (Å²) >= 11 is 0. The van der Waals surface area contributed by atoms with Crippen LogP contribution in [-0.4, -0.2) is 46.1 Å². The van der Waals surface area contributed by atoms with Gasteiger partial charge >= 0.3 is 0 Å². The Hall–Kier alpha value is -6.17. The van der Waals surface area contributed by atoms with Gasteiger partial charge in [0, 0.05) is 36.0 Å². The van der Waals surface area contributed by atoms with Crippen LogP contribution in [0.1, 0.15) is 33.9 Å². The number of pyridine rings is 3. The molecule has 1 aromatic carbocycles. The van der Waals surface area contributed by atoms with E-state index in [1.165, 1.54) is 12.3 Å². The first kappa shape index (κ1) is 26.7. The number of hydrogen-bond acceptors (Lipinski definition) is 8. The Balaban J connectivity index is 1.24. The van der Waals surface area contributed by atoms with Crippen molar-refractivity contribution < 1.29 is 9.59 Å². The molecule has 12 heteroatoms. The number of aryl methyl sites for hydroxylation is 1. The minimum Gasteiger partial charge on any atom is -0.383 e. The first-order valence-electron chi connectivity index (χ1n) is 13.9. The van der Waals surface area contributed by atoms with Crippen LogP contribution in [0.3, 0.4) is 0 Å². The third-order valence-electron chi connectivity index (χ3n) is 7.53. The van der Waals surface area contributed by atoms with Crippen molar-refractivity contribution in [1.29, 1.82) is 0 Å². The summed E-state index contributed by atoms with van der Waals surface area (Å²) in [6.45, 7) is 3.44. The third kappa shape index (κ3) is 4.83. The van der Waals surface area contributed by atoms with E-state index in [0.717, 1.165) is 35.7 Å². The molecule has 44 heavy (non-hydrogen) atoms. The number of amides is 2. The van der Waals surface area contributed by atoms with Gasteiger partial charge in [-0.25, -0.2) is 24.6 Å². The number of nitrogens with one attached hydrogen (secondary N) is 2. The van der Waals surface area contributed by atoms with E-state index < -0.39 is 5.91 Å². The van der Waals surface area contributed by atoms with E-state index in [4.69, 9.17) is 15.7 Å². The molecule has 0 bridgehead atoms. The number of nitrogen functional groups attached to an aromatic ring is 1. The van der Waals surface area contributed by atoms with Crippen LogP contribution in [0.25, 0.3) is 34.1 Å². The van der Waals surface area contributed by atoms with Crippen LogP contribution in [0.4, 0.5) is 11.6 Å². The molecule has 0 saturated carbocycles. The van der Waals surface area contributed by atoms with Gasteiger partial charge in [0.2, 0.25) is 5.91 Å². The second kappa shape index (κ2) is 10.9. The fourth-order valence-electron chi connectivity index (χ4n) is 5.46. The van der Waals surface area contributed by atoms with Crippen LogP contribution in [0.5, 0.6) is 0 Å². The Morgan fingerprint density at radius 3 is 2.73 bits per heavy atom. The van der Waals surface area contributed by atoms with Gasteiger partial charge in [-0.15, -0.1) is 0 Å². The lowest BCUT2D eigenvalue weighted by molar-refractivity contribution is -0.111. The lowest BCUT2D eigenvalue weighted by Gasteiger charge is -2.16. The van der Waals surface area contributed by atoms with E-state index in [0.29, 0.717) is 39.8 Å². The van der Waals surface area contributed by atoms with Crippen molar-refractivity contribution >= 4 is 34.6 Å². The minimum absolute atomic E-state index is 0.177. The molecule has 12 nitrogen and oxygen atoms in total. The standard InChI is InChI=1S/C32H26N10O2/c1-2-28(43)39-26-18-20(12-15-34-26)32(44)38-24-9-6-19-17-21(7-8-22(19)24)42-30(23-5-3-13-35-29(23)33)37-25-10-11-27(40-31(25)42)41-16-4-14-36-41/h2-5,7-8,10-18,24H,1,6,9H2,(H2,33,35)(H,38,44)(H,34,39,43)/t24-/m0/s1. The summed E-state index contributed by atoms with van der Waals surface area (Å²) in [6, 6.07) is 18.5. The quantitative estimate of drug-likeness (QED) is 0.236. The van der Waals surface area contributed by atoms with E-state index in [2.05, 4.69) is 38.3 Å². The number of imidazole rings is 1. The fourth-order valence-corrected chi connectivity index (χ4v) is 5.46. The lowest BCUT2D eigenvalue weighted by Crippen LogP contribution is -2.27. The summed E-state index contributed by atoms with van der Waals surface area (Å²) in [5.74, 6) is 1.26. The summed E-state index contributed by atoms with van der Waals surface area (Å²) in [5.41, 5.74) is 11.7. The Bertz CT molecular complexity index is 2070. The molecule has 0 fully saturated rings. The maximum atomic E-state index is 13.2. The molecule has 1 aliphatic rings. The topological polar surface area (TPSA) is 159 Å². The van der Waals surface area contributed by atoms with Gasteiger partial charge in [0.1, 0.15) is 17.2 Å². The normalized spacial score (nSPS) is 13.9. The average molecular weight is 583 g/mol. The lowest BCUT2D eigenvalue weighted by atomic mass is 10.1. The van der Waals surface area contributed by atoms with Crippen LogP contribution in [0.15, 0.2) is 98.1 Å². The summed E-state index contributed by atoms with van der Waals surface area (Å²) < 4.78 is 3.68. The summed E-state index contributed by atoms with van der Waals surface area (Å²) in [5, 5.41) is 10.0. The Morgan fingerprint density at radius 1 is 1.00 bits per heavy atom. The molecule has 0 spiro atoms. The molecule has 7 rings (SSSR count). The first-order chi connectivity index (χ1) is 21.5.